The number of halogens is 1. The van der Waals surface area contributed by atoms with E-state index in [1.807, 2.05) is 0 Å². The molecular weight excluding hydrogens is 274 g/mol. The van der Waals surface area contributed by atoms with Crippen molar-refractivity contribution < 1.29 is 0 Å². The van der Waals surface area contributed by atoms with Gasteiger partial charge in [-0.15, -0.1) is 0 Å². The SMILES string of the molecule is Cc1ccc(CN(CCCBr)C2CCC2)cc1. The van der Waals surface area contributed by atoms with E-state index >= 15 is 0 Å². The van der Waals surface area contributed by atoms with Crippen molar-refractivity contribution in [3.05, 3.63) is 35.4 Å². The van der Waals surface area contributed by atoms with Crippen LogP contribution < -0.4 is 0 Å². The molecule has 0 aliphatic heterocycles. The lowest BCUT2D eigenvalue weighted by Gasteiger charge is -2.37. The van der Waals surface area contributed by atoms with Crippen LogP contribution >= 0.6 is 15.9 Å². The van der Waals surface area contributed by atoms with Crippen LogP contribution in [0.5, 0.6) is 0 Å². The Kier molecular flexibility index (Phi) is 5.05. The van der Waals surface area contributed by atoms with Crippen LogP contribution in [-0.2, 0) is 6.54 Å². The zero-order valence-electron chi connectivity index (χ0n) is 10.7. The Hall–Kier alpha value is -0.340. The molecule has 1 nitrogen and oxygen atoms in total. The van der Waals surface area contributed by atoms with Gasteiger partial charge in [0.25, 0.3) is 0 Å². The third kappa shape index (κ3) is 3.82. The smallest absolute Gasteiger partial charge is 0.0236 e. The lowest BCUT2D eigenvalue weighted by atomic mass is 9.91. The third-order valence-electron chi connectivity index (χ3n) is 3.68. The lowest BCUT2D eigenvalue weighted by Crippen LogP contribution is -2.40. The molecule has 0 N–H and O–H groups in total. The topological polar surface area (TPSA) is 3.24 Å². The summed E-state index contributed by atoms with van der Waals surface area (Å²) in [6.07, 6.45) is 5.47. The molecule has 0 amide bonds. The number of hydrogen-bond acceptors (Lipinski definition) is 1. The minimum Gasteiger partial charge on any atom is -0.296 e. The predicted octanol–water partition coefficient (Wildman–Crippen LogP) is 4.13. The Morgan fingerprint density at radius 2 is 1.94 bits per heavy atom. The molecule has 94 valence electrons. The summed E-state index contributed by atoms with van der Waals surface area (Å²) in [6.45, 7) is 4.50. The van der Waals surface area contributed by atoms with Crippen molar-refractivity contribution in [2.75, 3.05) is 11.9 Å². The number of alkyl halides is 1. The standard InChI is InChI=1S/C15H22BrN/c1-13-6-8-14(9-7-13)12-17(11-3-10-16)15-4-2-5-15/h6-9,15H,2-5,10-12H2,1H3. The molecule has 1 aliphatic carbocycles. The van der Waals surface area contributed by atoms with E-state index in [0.717, 1.165) is 17.9 Å². The molecule has 17 heavy (non-hydrogen) atoms. The monoisotopic (exact) mass is 295 g/mol. The van der Waals surface area contributed by atoms with Crippen molar-refractivity contribution in [1.82, 2.24) is 4.90 Å². The van der Waals surface area contributed by atoms with Crippen LogP contribution in [0.1, 0.15) is 36.8 Å². The molecule has 0 saturated heterocycles. The minimum absolute atomic E-state index is 0.843. The van der Waals surface area contributed by atoms with Crippen molar-refractivity contribution in [3.63, 3.8) is 0 Å². The maximum Gasteiger partial charge on any atom is 0.0236 e. The summed E-state index contributed by atoms with van der Waals surface area (Å²) >= 11 is 3.54. The summed E-state index contributed by atoms with van der Waals surface area (Å²) in [5, 5.41) is 1.12. The van der Waals surface area contributed by atoms with Gasteiger partial charge < -0.3 is 0 Å². The van der Waals surface area contributed by atoms with E-state index < -0.39 is 0 Å². The molecule has 0 bridgehead atoms. The number of hydrogen-bond donors (Lipinski definition) is 0. The van der Waals surface area contributed by atoms with E-state index in [0.29, 0.717) is 0 Å². The van der Waals surface area contributed by atoms with E-state index in [2.05, 4.69) is 52.0 Å². The quantitative estimate of drug-likeness (QED) is 0.713. The predicted molar refractivity (Wildman–Crippen MR) is 77.6 cm³/mol. The Balaban J connectivity index is 1.93. The van der Waals surface area contributed by atoms with Crippen molar-refractivity contribution in [3.8, 4) is 0 Å². The summed E-state index contributed by atoms with van der Waals surface area (Å²) in [5.41, 5.74) is 2.81. The van der Waals surface area contributed by atoms with Crippen LogP contribution in [0.3, 0.4) is 0 Å². The van der Waals surface area contributed by atoms with Crippen LogP contribution in [-0.4, -0.2) is 22.8 Å². The Labute approximate surface area is 113 Å². The molecular formula is C15H22BrN. The number of aryl methyl sites for hydroxylation is 1. The van der Waals surface area contributed by atoms with Gasteiger partial charge in [-0.3, -0.25) is 4.90 Å². The van der Waals surface area contributed by atoms with Gasteiger partial charge in [0.15, 0.2) is 0 Å². The molecule has 0 spiro atoms. The second-order valence-corrected chi connectivity index (χ2v) is 5.88. The number of benzene rings is 1. The zero-order valence-corrected chi connectivity index (χ0v) is 12.2. The van der Waals surface area contributed by atoms with E-state index in [1.54, 1.807) is 0 Å². The average Bonchev–Trinajstić information content (AvgIpc) is 2.26. The number of nitrogens with zero attached hydrogens (tertiary/aromatic N) is 1. The van der Waals surface area contributed by atoms with E-state index in [-0.39, 0.29) is 0 Å². The van der Waals surface area contributed by atoms with Crippen LogP contribution in [0.4, 0.5) is 0 Å². The molecule has 1 saturated carbocycles. The van der Waals surface area contributed by atoms with Crippen molar-refractivity contribution in [2.24, 2.45) is 0 Å². The highest BCUT2D eigenvalue weighted by molar-refractivity contribution is 9.09. The molecule has 0 radical (unpaired) electrons. The van der Waals surface area contributed by atoms with E-state index in [9.17, 15) is 0 Å². The normalized spacial score (nSPS) is 16.2. The fraction of sp³-hybridized carbons (Fsp3) is 0.600. The first-order chi connectivity index (χ1) is 8.29. The summed E-state index contributed by atoms with van der Waals surface area (Å²) < 4.78 is 0. The molecule has 0 atom stereocenters. The summed E-state index contributed by atoms with van der Waals surface area (Å²) in [6, 6.07) is 9.83. The van der Waals surface area contributed by atoms with Gasteiger partial charge in [-0.25, -0.2) is 0 Å². The molecule has 0 unspecified atom stereocenters. The van der Waals surface area contributed by atoms with Gasteiger partial charge in [-0.2, -0.15) is 0 Å². The van der Waals surface area contributed by atoms with Crippen molar-refractivity contribution >= 4 is 15.9 Å². The van der Waals surface area contributed by atoms with Gasteiger partial charge in [0, 0.05) is 17.9 Å². The third-order valence-corrected chi connectivity index (χ3v) is 4.24. The fourth-order valence-electron chi connectivity index (χ4n) is 2.33. The molecule has 2 rings (SSSR count). The minimum atomic E-state index is 0.843. The number of rotatable bonds is 6. The maximum atomic E-state index is 3.54. The van der Waals surface area contributed by atoms with Gasteiger partial charge in [0.05, 0.1) is 0 Å². The van der Waals surface area contributed by atoms with Gasteiger partial charge in [0.2, 0.25) is 0 Å². The summed E-state index contributed by atoms with van der Waals surface area (Å²) in [5.74, 6) is 0. The molecule has 1 aromatic rings. The van der Waals surface area contributed by atoms with Gasteiger partial charge in [-0.05, 0) is 38.3 Å². The zero-order chi connectivity index (χ0) is 12.1. The fourth-order valence-corrected chi connectivity index (χ4v) is 2.58. The maximum absolute atomic E-state index is 3.54. The first-order valence-electron chi connectivity index (χ1n) is 6.65. The van der Waals surface area contributed by atoms with E-state index in [4.69, 9.17) is 0 Å². The summed E-state index contributed by atoms with van der Waals surface area (Å²) in [7, 11) is 0. The first-order valence-corrected chi connectivity index (χ1v) is 7.77. The van der Waals surface area contributed by atoms with Gasteiger partial charge in [-0.1, -0.05) is 52.2 Å². The van der Waals surface area contributed by atoms with Crippen LogP contribution in [0, 0.1) is 6.92 Å². The first kappa shape index (κ1) is 13.1. The molecule has 2 heteroatoms. The van der Waals surface area contributed by atoms with Crippen molar-refractivity contribution in [2.45, 2.75) is 45.2 Å². The Morgan fingerprint density at radius 1 is 1.24 bits per heavy atom. The average molecular weight is 296 g/mol. The van der Waals surface area contributed by atoms with Crippen LogP contribution in [0.15, 0.2) is 24.3 Å². The van der Waals surface area contributed by atoms with Gasteiger partial charge >= 0.3 is 0 Å². The largest absolute Gasteiger partial charge is 0.296 e. The Bertz CT molecular complexity index is 329. The molecule has 1 aliphatic rings. The highest BCUT2D eigenvalue weighted by Gasteiger charge is 2.24. The molecule has 1 aromatic carbocycles. The molecule has 1 fully saturated rings. The van der Waals surface area contributed by atoms with Gasteiger partial charge in [0.1, 0.15) is 0 Å². The second-order valence-electron chi connectivity index (χ2n) is 5.08. The van der Waals surface area contributed by atoms with Crippen molar-refractivity contribution in [1.29, 1.82) is 0 Å². The molecule has 0 heterocycles. The molecule has 0 aromatic heterocycles. The second kappa shape index (κ2) is 6.55. The van der Waals surface area contributed by atoms with Crippen LogP contribution in [0.2, 0.25) is 0 Å². The lowest BCUT2D eigenvalue weighted by molar-refractivity contribution is 0.120. The van der Waals surface area contributed by atoms with E-state index in [1.165, 1.54) is 43.4 Å². The highest BCUT2D eigenvalue weighted by Crippen LogP contribution is 2.26. The van der Waals surface area contributed by atoms with Crippen LogP contribution in [0.25, 0.3) is 0 Å². The Morgan fingerprint density at radius 3 is 2.47 bits per heavy atom. The summed E-state index contributed by atoms with van der Waals surface area (Å²) in [4.78, 5) is 2.66. The highest BCUT2D eigenvalue weighted by atomic mass is 79.9.